The molecule has 5 nitrogen and oxygen atoms in total. The SMILES string of the molecule is CCC(COC)NC(=O)[C@H]1C2C=CC(C2)[C@H]1C(=O)O. The van der Waals surface area contributed by atoms with Gasteiger partial charge in [0, 0.05) is 7.11 Å². The highest BCUT2D eigenvalue weighted by atomic mass is 16.5. The van der Waals surface area contributed by atoms with Crippen molar-refractivity contribution in [1.82, 2.24) is 5.32 Å². The van der Waals surface area contributed by atoms with Gasteiger partial charge in [-0.15, -0.1) is 0 Å². The summed E-state index contributed by atoms with van der Waals surface area (Å²) in [6.45, 7) is 2.43. The topological polar surface area (TPSA) is 75.6 Å². The molecule has 2 N–H and O–H groups in total. The van der Waals surface area contributed by atoms with Crippen molar-refractivity contribution >= 4 is 11.9 Å². The van der Waals surface area contributed by atoms with Crippen LogP contribution in [-0.4, -0.2) is 36.7 Å². The molecule has 0 radical (unpaired) electrons. The molecular weight excluding hydrogens is 246 g/mol. The van der Waals surface area contributed by atoms with Crippen LogP contribution in [0.15, 0.2) is 12.2 Å². The van der Waals surface area contributed by atoms with Crippen LogP contribution < -0.4 is 5.32 Å². The maximum absolute atomic E-state index is 12.3. The number of fused-ring (bicyclic) bond motifs is 2. The number of amides is 1. The number of methoxy groups -OCH3 is 1. The van der Waals surface area contributed by atoms with Crippen molar-refractivity contribution in [1.29, 1.82) is 0 Å². The monoisotopic (exact) mass is 267 g/mol. The number of allylic oxidation sites excluding steroid dienone is 2. The molecule has 1 amide bonds. The molecule has 0 heterocycles. The summed E-state index contributed by atoms with van der Waals surface area (Å²) in [5.74, 6) is -1.93. The summed E-state index contributed by atoms with van der Waals surface area (Å²) in [4.78, 5) is 23.7. The molecule has 1 fully saturated rings. The Morgan fingerprint density at radius 3 is 2.53 bits per heavy atom. The lowest BCUT2D eigenvalue weighted by atomic mass is 9.82. The van der Waals surface area contributed by atoms with Crippen molar-refractivity contribution in [2.45, 2.75) is 25.8 Å². The van der Waals surface area contributed by atoms with E-state index in [4.69, 9.17) is 4.74 Å². The minimum Gasteiger partial charge on any atom is -0.481 e. The van der Waals surface area contributed by atoms with E-state index in [0.29, 0.717) is 6.61 Å². The van der Waals surface area contributed by atoms with Crippen LogP contribution in [0.1, 0.15) is 19.8 Å². The average Bonchev–Trinajstić information content (AvgIpc) is 2.97. The molecular formula is C14H21NO4. The van der Waals surface area contributed by atoms with Crippen LogP contribution in [0.4, 0.5) is 0 Å². The van der Waals surface area contributed by atoms with E-state index in [2.05, 4.69) is 5.32 Å². The minimum atomic E-state index is -0.864. The second-order valence-electron chi connectivity index (χ2n) is 5.41. The Balaban J connectivity index is 2.05. The molecule has 0 saturated heterocycles. The molecule has 0 aliphatic heterocycles. The first-order chi connectivity index (χ1) is 9.08. The Labute approximate surface area is 113 Å². The van der Waals surface area contributed by atoms with Crippen molar-refractivity contribution < 1.29 is 19.4 Å². The highest BCUT2D eigenvalue weighted by Gasteiger charge is 2.51. The van der Waals surface area contributed by atoms with Gasteiger partial charge in [-0.2, -0.15) is 0 Å². The van der Waals surface area contributed by atoms with E-state index >= 15 is 0 Å². The van der Waals surface area contributed by atoms with Gasteiger partial charge < -0.3 is 15.2 Å². The molecule has 3 unspecified atom stereocenters. The number of carboxylic acid groups (broad SMARTS) is 1. The van der Waals surface area contributed by atoms with E-state index in [9.17, 15) is 14.7 Å². The number of hydrogen-bond acceptors (Lipinski definition) is 3. The van der Waals surface area contributed by atoms with Gasteiger partial charge in [-0.1, -0.05) is 19.1 Å². The van der Waals surface area contributed by atoms with Gasteiger partial charge in [-0.25, -0.2) is 0 Å². The fourth-order valence-corrected chi connectivity index (χ4v) is 3.28. The minimum absolute atomic E-state index is 0.0146. The van der Waals surface area contributed by atoms with Crippen molar-refractivity contribution in [2.75, 3.05) is 13.7 Å². The molecule has 19 heavy (non-hydrogen) atoms. The van der Waals surface area contributed by atoms with Crippen LogP contribution in [-0.2, 0) is 14.3 Å². The summed E-state index contributed by atoms with van der Waals surface area (Å²) in [5, 5.41) is 12.2. The summed E-state index contributed by atoms with van der Waals surface area (Å²) in [6.07, 6.45) is 5.50. The highest BCUT2D eigenvalue weighted by molar-refractivity contribution is 5.87. The first kappa shape index (κ1) is 14.1. The fourth-order valence-electron chi connectivity index (χ4n) is 3.28. The maximum Gasteiger partial charge on any atom is 0.307 e. The molecule has 0 aromatic heterocycles. The van der Waals surface area contributed by atoms with Crippen LogP contribution in [0.3, 0.4) is 0 Å². The molecule has 1 saturated carbocycles. The molecule has 0 aromatic rings. The number of nitrogens with one attached hydrogen (secondary N) is 1. The van der Waals surface area contributed by atoms with E-state index in [1.807, 2.05) is 19.1 Å². The summed E-state index contributed by atoms with van der Waals surface area (Å²) < 4.78 is 5.05. The molecule has 2 bridgehead atoms. The predicted octanol–water partition coefficient (Wildman–Crippen LogP) is 1.05. The number of aliphatic carboxylic acids is 1. The summed E-state index contributed by atoms with van der Waals surface area (Å²) in [7, 11) is 1.59. The van der Waals surface area contributed by atoms with Crippen LogP contribution in [0.2, 0.25) is 0 Å². The van der Waals surface area contributed by atoms with Crippen molar-refractivity contribution in [3.8, 4) is 0 Å². The Hall–Kier alpha value is -1.36. The van der Waals surface area contributed by atoms with E-state index in [1.54, 1.807) is 7.11 Å². The van der Waals surface area contributed by atoms with Gasteiger partial charge in [0.05, 0.1) is 24.5 Å². The Kier molecular flexibility index (Phi) is 4.24. The zero-order chi connectivity index (χ0) is 14.0. The molecule has 0 aromatic carbocycles. The summed E-state index contributed by atoms with van der Waals surface area (Å²) in [6, 6.07) is -0.0462. The van der Waals surface area contributed by atoms with Crippen molar-refractivity contribution in [2.24, 2.45) is 23.7 Å². The molecule has 5 atom stereocenters. The van der Waals surface area contributed by atoms with Gasteiger partial charge in [0.15, 0.2) is 0 Å². The lowest BCUT2D eigenvalue weighted by Gasteiger charge is -2.26. The van der Waals surface area contributed by atoms with E-state index in [-0.39, 0.29) is 23.8 Å². The zero-order valence-electron chi connectivity index (χ0n) is 11.3. The second-order valence-corrected chi connectivity index (χ2v) is 5.41. The van der Waals surface area contributed by atoms with Crippen molar-refractivity contribution in [3.05, 3.63) is 12.2 Å². The maximum atomic E-state index is 12.3. The van der Waals surface area contributed by atoms with E-state index in [0.717, 1.165) is 12.8 Å². The third kappa shape index (κ3) is 2.66. The van der Waals surface area contributed by atoms with Gasteiger partial charge in [-0.05, 0) is 24.7 Å². The first-order valence-electron chi connectivity index (χ1n) is 6.78. The largest absolute Gasteiger partial charge is 0.481 e. The molecule has 2 aliphatic carbocycles. The number of carbonyl (C=O) groups excluding carboxylic acids is 1. The molecule has 5 heteroatoms. The quantitative estimate of drug-likeness (QED) is 0.705. The lowest BCUT2D eigenvalue weighted by Crippen LogP contribution is -2.45. The Morgan fingerprint density at radius 1 is 1.37 bits per heavy atom. The standard InChI is InChI=1S/C14H21NO4/c1-3-10(7-19-2)15-13(16)11-8-4-5-9(6-8)12(11)14(17)18/h4-5,8-12H,3,6-7H2,1-2H3,(H,15,16)(H,17,18)/t8?,9?,10?,11-,12+/m0/s1. The molecule has 106 valence electrons. The molecule has 2 aliphatic rings. The van der Waals surface area contributed by atoms with E-state index < -0.39 is 17.8 Å². The number of hydrogen-bond donors (Lipinski definition) is 2. The number of rotatable bonds is 6. The number of carbonyl (C=O) groups is 2. The second kappa shape index (κ2) is 5.74. The highest BCUT2D eigenvalue weighted by Crippen LogP contribution is 2.48. The molecule has 0 spiro atoms. The van der Waals surface area contributed by atoms with Gasteiger partial charge in [0.1, 0.15) is 0 Å². The van der Waals surface area contributed by atoms with Gasteiger partial charge in [0.2, 0.25) is 5.91 Å². The predicted molar refractivity (Wildman–Crippen MR) is 69.5 cm³/mol. The van der Waals surface area contributed by atoms with Crippen LogP contribution in [0.25, 0.3) is 0 Å². The molecule has 2 rings (SSSR count). The van der Waals surface area contributed by atoms with Crippen LogP contribution in [0, 0.1) is 23.7 Å². The normalized spacial score (nSPS) is 33.4. The average molecular weight is 267 g/mol. The summed E-state index contributed by atoms with van der Waals surface area (Å²) >= 11 is 0. The lowest BCUT2D eigenvalue weighted by molar-refractivity contribution is -0.148. The van der Waals surface area contributed by atoms with Crippen LogP contribution in [0.5, 0.6) is 0 Å². The smallest absolute Gasteiger partial charge is 0.307 e. The van der Waals surface area contributed by atoms with Gasteiger partial charge >= 0.3 is 5.97 Å². The zero-order valence-corrected chi connectivity index (χ0v) is 11.3. The Morgan fingerprint density at radius 2 is 2.00 bits per heavy atom. The third-order valence-electron chi connectivity index (χ3n) is 4.25. The number of carboxylic acids is 1. The first-order valence-corrected chi connectivity index (χ1v) is 6.78. The van der Waals surface area contributed by atoms with Crippen LogP contribution >= 0.6 is 0 Å². The Bertz CT molecular complexity index is 393. The summed E-state index contributed by atoms with van der Waals surface area (Å²) in [5.41, 5.74) is 0. The van der Waals surface area contributed by atoms with Crippen molar-refractivity contribution in [3.63, 3.8) is 0 Å². The van der Waals surface area contributed by atoms with Gasteiger partial charge in [0.25, 0.3) is 0 Å². The fraction of sp³-hybridized carbons (Fsp3) is 0.714. The number of ether oxygens (including phenoxy) is 1. The van der Waals surface area contributed by atoms with E-state index in [1.165, 1.54) is 0 Å². The third-order valence-corrected chi connectivity index (χ3v) is 4.25. The van der Waals surface area contributed by atoms with Gasteiger partial charge in [-0.3, -0.25) is 9.59 Å².